The van der Waals surface area contributed by atoms with Crippen LogP contribution in [0.1, 0.15) is 5.56 Å². The molecule has 1 fully saturated rings. The van der Waals surface area contributed by atoms with Crippen LogP contribution in [0.25, 0.3) is 22.8 Å². The van der Waals surface area contributed by atoms with Crippen molar-refractivity contribution in [3.8, 4) is 22.8 Å². The molecule has 1 saturated heterocycles. The molecule has 1 aliphatic heterocycles. The van der Waals surface area contributed by atoms with Crippen molar-refractivity contribution in [3.05, 3.63) is 48.2 Å². The Bertz CT molecular complexity index is 969. The van der Waals surface area contributed by atoms with Gasteiger partial charge in [-0.25, -0.2) is 4.98 Å². The molecule has 1 aromatic carbocycles. The van der Waals surface area contributed by atoms with Crippen LogP contribution in [0.3, 0.4) is 0 Å². The van der Waals surface area contributed by atoms with E-state index in [2.05, 4.69) is 25.3 Å². The first kappa shape index (κ1) is 20.3. The van der Waals surface area contributed by atoms with Gasteiger partial charge in [-0.2, -0.15) is 18.2 Å². The van der Waals surface area contributed by atoms with E-state index in [1.165, 1.54) is 12.1 Å². The summed E-state index contributed by atoms with van der Waals surface area (Å²) in [6, 6.07) is 8.38. The van der Waals surface area contributed by atoms with Gasteiger partial charge in [0, 0.05) is 37.9 Å². The highest BCUT2D eigenvalue weighted by Gasteiger charge is 2.30. The molecule has 10 heteroatoms. The molecular weight excluding hydrogens is 399 g/mol. The van der Waals surface area contributed by atoms with E-state index in [4.69, 9.17) is 9.26 Å². The zero-order valence-electron chi connectivity index (χ0n) is 16.0. The molecule has 2 aromatic heterocycles. The summed E-state index contributed by atoms with van der Waals surface area (Å²) in [6.45, 7) is 5.04. The van der Waals surface area contributed by atoms with Crippen molar-refractivity contribution in [1.82, 2.24) is 20.0 Å². The molecule has 3 aromatic rings. The van der Waals surface area contributed by atoms with Crippen LogP contribution in [-0.4, -0.2) is 59.4 Å². The second-order valence-corrected chi connectivity index (χ2v) is 6.81. The molecule has 0 saturated carbocycles. The van der Waals surface area contributed by atoms with Crippen LogP contribution < -0.4 is 5.32 Å². The maximum absolute atomic E-state index is 12.9. The average Bonchev–Trinajstić information content (AvgIpc) is 3.25. The number of hydrogen-bond acceptors (Lipinski definition) is 7. The minimum Gasteiger partial charge on any atom is -0.379 e. The lowest BCUT2D eigenvalue weighted by molar-refractivity contribution is -0.137. The standard InChI is InChI=1S/C20H20F3N5O2/c21-20(22,23)16-3-1-2-14(12-16)18-26-19(30-27-18)15-4-5-17(25-13-15)24-6-7-28-8-10-29-11-9-28/h1-5,12-13H,6-11H2,(H,24,25). The van der Waals surface area contributed by atoms with Gasteiger partial charge in [-0.3, -0.25) is 4.90 Å². The van der Waals surface area contributed by atoms with E-state index in [1.54, 1.807) is 18.3 Å². The maximum Gasteiger partial charge on any atom is 0.416 e. The summed E-state index contributed by atoms with van der Waals surface area (Å²) in [5.74, 6) is 0.989. The molecule has 0 amide bonds. The quantitative estimate of drug-likeness (QED) is 0.655. The van der Waals surface area contributed by atoms with Gasteiger partial charge in [0.1, 0.15) is 5.82 Å². The summed E-state index contributed by atoms with van der Waals surface area (Å²) in [4.78, 5) is 10.9. The summed E-state index contributed by atoms with van der Waals surface area (Å²) >= 11 is 0. The first-order valence-corrected chi connectivity index (χ1v) is 9.51. The van der Waals surface area contributed by atoms with Gasteiger partial charge in [-0.1, -0.05) is 17.3 Å². The van der Waals surface area contributed by atoms with Crippen molar-refractivity contribution in [1.29, 1.82) is 0 Å². The molecule has 3 heterocycles. The van der Waals surface area contributed by atoms with Gasteiger partial charge >= 0.3 is 6.18 Å². The lowest BCUT2D eigenvalue weighted by Crippen LogP contribution is -2.39. The molecule has 1 N–H and O–H groups in total. The Kier molecular flexibility index (Phi) is 5.96. The minimum absolute atomic E-state index is 0.0869. The van der Waals surface area contributed by atoms with E-state index >= 15 is 0 Å². The van der Waals surface area contributed by atoms with E-state index in [0.717, 1.165) is 51.5 Å². The molecule has 4 rings (SSSR count). The molecule has 7 nitrogen and oxygen atoms in total. The fraction of sp³-hybridized carbons (Fsp3) is 0.350. The van der Waals surface area contributed by atoms with Gasteiger partial charge in [0.25, 0.3) is 5.89 Å². The Balaban J connectivity index is 1.39. The fourth-order valence-corrected chi connectivity index (χ4v) is 3.08. The van der Waals surface area contributed by atoms with Gasteiger partial charge in [-0.15, -0.1) is 0 Å². The average molecular weight is 419 g/mol. The van der Waals surface area contributed by atoms with Gasteiger partial charge in [0.15, 0.2) is 0 Å². The molecule has 0 aliphatic carbocycles. The Morgan fingerprint density at radius 2 is 1.90 bits per heavy atom. The third-order valence-corrected chi connectivity index (χ3v) is 4.72. The van der Waals surface area contributed by atoms with E-state index in [0.29, 0.717) is 11.4 Å². The first-order chi connectivity index (χ1) is 14.5. The number of halogens is 3. The molecular formula is C20H20F3N5O2. The zero-order chi connectivity index (χ0) is 21.0. The number of nitrogens with one attached hydrogen (secondary N) is 1. The number of aromatic nitrogens is 3. The van der Waals surface area contributed by atoms with Gasteiger partial charge in [-0.05, 0) is 24.3 Å². The van der Waals surface area contributed by atoms with Crippen molar-refractivity contribution < 1.29 is 22.4 Å². The number of anilines is 1. The van der Waals surface area contributed by atoms with Crippen LogP contribution in [0.5, 0.6) is 0 Å². The summed E-state index contributed by atoms with van der Waals surface area (Å²) in [5.41, 5.74) is 0.0502. The number of hydrogen-bond donors (Lipinski definition) is 1. The summed E-state index contributed by atoms with van der Waals surface area (Å²) in [5, 5.41) is 7.05. The molecule has 0 unspecified atom stereocenters. The second-order valence-electron chi connectivity index (χ2n) is 6.81. The Morgan fingerprint density at radius 3 is 2.63 bits per heavy atom. The maximum atomic E-state index is 12.9. The topological polar surface area (TPSA) is 76.3 Å². The minimum atomic E-state index is -4.43. The lowest BCUT2D eigenvalue weighted by Gasteiger charge is -2.26. The zero-order valence-corrected chi connectivity index (χ0v) is 16.0. The van der Waals surface area contributed by atoms with Gasteiger partial charge in [0.05, 0.1) is 24.3 Å². The van der Waals surface area contributed by atoms with Gasteiger partial charge in [0.2, 0.25) is 5.82 Å². The van der Waals surface area contributed by atoms with Crippen molar-refractivity contribution in [2.24, 2.45) is 0 Å². The van der Waals surface area contributed by atoms with E-state index < -0.39 is 11.7 Å². The van der Waals surface area contributed by atoms with Crippen LogP contribution >= 0.6 is 0 Å². The third kappa shape index (κ3) is 4.95. The van der Waals surface area contributed by atoms with Gasteiger partial charge < -0.3 is 14.6 Å². The molecule has 158 valence electrons. The highest BCUT2D eigenvalue weighted by atomic mass is 19.4. The van der Waals surface area contributed by atoms with Crippen LogP contribution in [-0.2, 0) is 10.9 Å². The van der Waals surface area contributed by atoms with E-state index in [9.17, 15) is 13.2 Å². The summed E-state index contributed by atoms with van der Waals surface area (Å²) in [6.07, 6.45) is -2.85. The molecule has 0 spiro atoms. The predicted molar refractivity (Wildman–Crippen MR) is 104 cm³/mol. The van der Waals surface area contributed by atoms with Crippen LogP contribution in [0.2, 0.25) is 0 Å². The SMILES string of the molecule is FC(F)(F)c1cccc(-c2noc(-c3ccc(NCCN4CCOCC4)nc3)n2)c1. The summed E-state index contributed by atoms with van der Waals surface area (Å²) in [7, 11) is 0. The smallest absolute Gasteiger partial charge is 0.379 e. The molecule has 30 heavy (non-hydrogen) atoms. The number of pyridine rings is 1. The number of alkyl halides is 3. The van der Waals surface area contributed by atoms with E-state index in [-0.39, 0.29) is 17.3 Å². The fourth-order valence-electron chi connectivity index (χ4n) is 3.08. The van der Waals surface area contributed by atoms with Crippen LogP contribution in [0.15, 0.2) is 47.1 Å². The van der Waals surface area contributed by atoms with Crippen molar-refractivity contribution in [2.45, 2.75) is 6.18 Å². The second kappa shape index (κ2) is 8.80. The number of nitrogens with zero attached hydrogens (tertiary/aromatic N) is 4. The number of rotatable bonds is 6. The third-order valence-electron chi connectivity index (χ3n) is 4.72. The lowest BCUT2D eigenvalue weighted by atomic mass is 10.1. The number of benzene rings is 1. The summed E-state index contributed by atoms with van der Waals surface area (Å²) < 4.78 is 49.2. The Hall–Kier alpha value is -2.98. The number of morpholine rings is 1. The Morgan fingerprint density at radius 1 is 1.07 bits per heavy atom. The highest BCUT2D eigenvalue weighted by Crippen LogP contribution is 2.32. The van der Waals surface area contributed by atoms with Crippen LogP contribution in [0.4, 0.5) is 19.0 Å². The largest absolute Gasteiger partial charge is 0.416 e. The molecule has 0 bridgehead atoms. The Labute approximate surface area is 170 Å². The highest BCUT2D eigenvalue weighted by molar-refractivity contribution is 5.60. The monoisotopic (exact) mass is 419 g/mol. The molecule has 1 aliphatic rings. The normalized spacial score (nSPS) is 15.3. The predicted octanol–water partition coefficient (Wildman–Crippen LogP) is 3.56. The van der Waals surface area contributed by atoms with Crippen molar-refractivity contribution >= 4 is 5.82 Å². The van der Waals surface area contributed by atoms with Crippen LogP contribution in [0, 0.1) is 0 Å². The van der Waals surface area contributed by atoms with Crippen molar-refractivity contribution in [2.75, 3.05) is 44.7 Å². The number of ether oxygens (including phenoxy) is 1. The molecule has 0 atom stereocenters. The van der Waals surface area contributed by atoms with Crippen molar-refractivity contribution in [3.63, 3.8) is 0 Å². The molecule has 0 radical (unpaired) electrons. The van der Waals surface area contributed by atoms with E-state index in [1.807, 2.05) is 0 Å². The first-order valence-electron chi connectivity index (χ1n) is 9.51.